The highest BCUT2D eigenvalue weighted by Gasteiger charge is 2.39. The van der Waals surface area contributed by atoms with Crippen LogP contribution in [0.2, 0.25) is 0 Å². The van der Waals surface area contributed by atoms with Gasteiger partial charge in [0.2, 0.25) is 11.8 Å². The largest absolute Gasteiger partial charge is 0.349 e. The Balaban J connectivity index is 1.54. The van der Waals surface area contributed by atoms with E-state index in [1.54, 1.807) is 18.2 Å². The van der Waals surface area contributed by atoms with Crippen molar-refractivity contribution in [3.05, 3.63) is 34.9 Å². The van der Waals surface area contributed by atoms with E-state index in [0.717, 1.165) is 18.4 Å². The monoisotopic (exact) mass is 327 g/mol. The van der Waals surface area contributed by atoms with Crippen molar-refractivity contribution in [3.63, 3.8) is 0 Å². The lowest BCUT2D eigenvalue weighted by Crippen LogP contribution is -2.52. The van der Waals surface area contributed by atoms with Gasteiger partial charge in [0, 0.05) is 30.1 Å². The van der Waals surface area contributed by atoms with Crippen molar-refractivity contribution in [1.82, 2.24) is 15.5 Å². The minimum absolute atomic E-state index is 0.132. The van der Waals surface area contributed by atoms with E-state index in [4.69, 9.17) is 0 Å². The average molecular weight is 327 g/mol. The summed E-state index contributed by atoms with van der Waals surface area (Å²) in [5.41, 5.74) is 1.79. The highest BCUT2D eigenvalue weighted by molar-refractivity contribution is 6.06. The summed E-state index contributed by atoms with van der Waals surface area (Å²) in [5.74, 6) is -1.10. The van der Waals surface area contributed by atoms with Crippen molar-refractivity contribution < 1.29 is 19.2 Å². The number of imide groups is 1. The number of fused-ring (bicyclic) bond motifs is 1. The van der Waals surface area contributed by atoms with Crippen molar-refractivity contribution in [3.8, 4) is 0 Å². The van der Waals surface area contributed by atoms with Gasteiger partial charge in [0.05, 0.1) is 0 Å². The summed E-state index contributed by atoms with van der Waals surface area (Å²) in [4.78, 5) is 49.4. The van der Waals surface area contributed by atoms with Crippen LogP contribution >= 0.6 is 0 Å². The van der Waals surface area contributed by atoms with Crippen molar-refractivity contribution in [2.45, 2.75) is 44.3 Å². The summed E-state index contributed by atoms with van der Waals surface area (Å²) in [6.07, 6.45) is 2.59. The second-order valence-corrected chi connectivity index (χ2v) is 6.52. The van der Waals surface area contributed by atoms with Crippen LogP contribution in [0.25, 0.3) is 0 Å². The Bertz CT molecular complexity index is 769. The van der Waals surface area contributed by atoms with Crippen molar-refractivity contribution in [1.29, 1.82) is 0 Å². The van der Waals surface area contributed by atoms with Crippen molar-refractivity contribution in [2.24, 2.45) is 0 Å². The maximum Gasteiger partial charge on any atom is 0.255 e. The molecule has 4 amide bonds. The van der Waals surface area contributed by atoms with Gasteiger partial charge in [0.15, 0.2) is 0 Å². The Morgan fingerprint density at radius 1 is 1.17 bits per heavy atom. The second kappa shape index (κ2) is 5.43. The van der Waals surface area contributed by atoms with E-state index in [1.807, 2.05) is 0 Å². The highest BCUT2D eigenvalue weighted by Crippen LogP contribution is 2.28. The molecule has 24 heavy (non-hydrogen) atoms. The van der Waals surface area contributed by atoms with Crippen LogP contribution in [0, 0.1) is 0 Å². The van der Waals surface area contributed by atoms with Gasteiger partial charge < -0.3 is 10.2 Å². The molecule has 0 spiro atoms. The molecule has 7 heteroatoms. The van der Waals surface area contributed by atoms with Gasteiger partial charge >= 0.3 is 0 Å². The maximum atomic E-state index is 12.6. The molecule has 1 saturated carbocycles. The van der Waals surface area contributed by atoms with Crippen LogP contribution in [0.5, 0.6) is 0 Å². The first-order chi connectivity index (χ1) is 11.5. The Labute approximate surface area is 138 Å². The summed E-state index contributed by atoms with van der Waals surface area (Å²) >= 11 is 0. The number of carbonyl (C=O) groups excluding carboxylic acids is 4. The van der Waals surface area contributed by atoms with E-state index in [1.165, 1.54) is 4.90 Å². The summed E-state index contributed by atoms with van der Waals surface area (Å²) in [6.45, 7) is 0.283. The maximum absolute atomic E-state index is 12.6. The van der Waals surface area contributed by atoms with Crippen molar-refractivity contribution >= 4 is 23.6 Å². The predicted molar refractivity (Wildman–Crippen MR) is 83.0 cm³/mol. The molecule has 1 saturated heterocycles. The third-order valence-electron chi connectivity index (χ3n) is 4.70. The highest BCUT2D eigenvalue weighted by atomic mass is 16.2. The lowest BCUT2D eigenvalue weighted by Gasteiger charge is -2.29. The van der Waals surface area contributed by atoms with E-state index in [-0.39, 0.29) is 36.7 Å². The number of amides is 4. The van der Waals surface area contributed by atoms with E-state index in [2.05, 4.69) is 10.6 Å². The minimum atomic E-state index is -0.633. The SMILES string of the molecule is O=C1CCC(N2Cc3cc(C(=O)NC4CC4)ccc3C2=O)C(=O)N1. The van der Waals surface area contributed by atoms with Gasteiger partial charge in [-0.1, -0.05) is 0 Å². The minimum Gasteiger partial charge on any atom is -0.349 e. The summed E-state index contributed by atoms with van der Waals surface area (Å²) in [7, 11) is 0. The molecule has 2 N–H and O–H groups in total. The molecule has 7 nitrogen and oxygen atoms in total. The molecule has 0 aromatic heterocycles. The molecule has 2 aliphatic heterocycles. The first kappa shape index (κ1) is 14.9. The molecule has 1 aliphatic carbocycles. The summed E-state index contributed by atoms with van der Waals surface area (Å²) in [5, 5.41) is 5.20. The van der Waals surface area contributed by atoms with Gasteiger partial charge in [-0.3, -0.25) is 24.5 Å². The topological polar surface area (TPSA) is 95.6 Å². The molecule has 4 rings (SSSR count). The van der Waals surface area contributed by atoms with Crippen LogP contribution in [-0.4, -0.2) is 40.6 Å². The van der Waals surface area contributed by atoms with Gasteiger partial charge in [0.25, 0.3) is 11.8 Å². The van der Waals surface area contributed by atoms with Crippen LogP contribution < -0.4 is 10.6 Å². The number of hydrogen-bond donors (Lipinski definition) is 2. The van der Waals surface area contributed by atoms with E-state index in [9.17, 15) is 19.2 Å². The number of hydrogen-bond acceptors (Lipinski definition) is 4. The third-order valence-corrected chi connectivity index (χ3v) is 4.70. The predicted octanol–water partition coefficient (Wildman–Crippen LogP) is 0.340. The smallest absolute Gasteiger partial charge is 0.255 e. The zero-order valence-electron chi connectivity index (χ0n) is 13.0. The zero-order valence-corrected chi connectivity index (χ0v) is 13.0. The molecular weight excluding hydrogens is 310 g/mol. The van der Waals surface area contributed by atoms with Crippen molar-refractivity contribution in [2.75, 3.05) is 0 Å². The third kappa shape index (κ3) is 2.55. The fourth-order valence-electron chi connectivity index (χ4n) is 3.21. The Kier molecular flexibility index (Phi) is 3.37. The number of nitrogens with zero attached hydrogens (tertiary/aromatic N) is 1. The van der Waals surface area contributed by atoms with Crippen LogP contribution in [0.3, 0.4) is 0 Å². The molecule has 1 unspecified atom stereocenters. The average Bonchev–Trinajstić information content (AvgIpc) is 3.30. The van der Waals surface area contributed by atoms with E-state index >= 15 is 0 Å². The molecule has 3 aliphatic rings. The van der Waals surface area contributed by atoms with E-state index < -0.39 is 11.9 Å². The lowest BCUT2D eigenvalue weighted by atomic mass is 10.0. The van der Waals surface area contributed by atoms with Crippen LogP contribution in [0.15, 0.2) is 18.2 Å². The molecule has 0 bridgehead atoms. The quantitative estimate of drug-likeness (QED) is 0.783. The van der Waals surface area contributed by atoms with Gasteiger partial charge in [-0.15, -0.1) is 0 Å². The van der Waals surface area contributed by atoms with Gasteiger partial charge in [-0.05, 0) is 43.0 Å². The zero-order chi connectivity index (χ0) is 16.8. The molecule has 0 radical (unpaired) electrons. The molecule has 1 atom stereocenters. The Hall–Kier alpha value is -2.70. The summed E-state index contributed by atoms with van der Waals surface area (Å²) in [6, 6.07) is 4.64. The standard InChI is InChI=1S/C17H17N3O4/c21-14-6-5-13(16(23)19-14)20-8-10-7-9(1-4-12(10)17(20)24)15(22)18-11-2-3-11/h1,4,7,11,13H,2-3,5-6,8H2,(H,18,22)(H,19,21,23). The first-order valence-electron chi connectivity index (χ1n) is 8.11. The van der Waals surface area contributed by atoms with Crippen LogP contribution in [0.1, 0.15) is 52.0 Å². The lowest BCUT2D eigenvalue weighted by molar-refractivity contribution is -0.136. The molecule has 2 fully saturated rings. The molecule has 2 heterocycles. The van der Waals surface area contributed by atoms with Gasteiger partial charge in [0.1, 0.15) is 6.04 Å². The molecular formula is C17H17N3O4. The number of benzene rings is 1. The van der Waals surface area contributed by atoms with Gasteiger partial charge in [-0.2, -0.15) is 0 Å². The van der Waals surface area contributed by atoms with E-state index in [0.29, 0.717) is 17.5 Å². The van der Waals surface area contributed by atoms with Crippen LogP contribution in [-0.2, 0) is 16.1 Å². The summed E-state index contributed by atoms with van der Waals surface area (Å²) < 4.78 is 0. The Morgan fingerprint density at radius 2 is 1.96 bits per heavy atom. The second-order valence-electron chi connectivity index (χ2n) is 6.52. The first-order valence-corrected chi connectivity index (χ1v) is 8.11. The molecule has 124 valence electrons. The number of carbonyl (C=O) groups is 4. The fourth-order valence-corrected chi connectivity index (χ4v) is 3.21. The normalized spacial score (nSPS) is 23.1. The Morgan fingerprint density at radius 3 is 2.67 bits per heavy atom. The number of piperidine rings is 1. The number of rotatable bonds is 3. The number of nitrogens with one attached hydrogen (secondary N) is 2. The van der Waals surface area contributed by atoms with Gasteiger partial charge in [-0.25, -0.2) is 0 Å². The van der Waals surface area contributed by atoms with Crippen LogP contribution in [0.4, 0.5) is 0 Å². The fraction of sp³-hybridized carbons (Fsp3) is 0.412. The molecule has 1 aromatic rings. The molecule has 1 aromatic carbocycles.